The van der Waals surface area contributed by atoms with Crippen LogP contribution < -0.4 is 15.8 Å². The van der Waals surface area contributed by atoms with Crippen LogP contribution in [0.25, 0.3) is 5.65 Å². The molecule has 0 atom stereocenters. The number of aliphatic imine (C=N–C) groups is 1. The summed E-state index contributed by atoms with van der Waals surface area (Å²) in [4.78, 5) is 4.56. The van der Waals surface area contributed by atoms with Crippen LogP contribution in [0.5, 0.6) is 0 Å². The van der Waals surface area contributed by atoms with Gasteiger partial charge in [-0.2, -0.15) is 0 Å². The highest BCUT2D eigenvalue weighted by molar-refractivity contribution is 7.89. The Kier molecular flexibility index (Phi) is 5.67. The molecule has 0 aliphatic rings. The highest BCUT2D eigenvalue weighted by atomic mass is 32.2. The first kappa shape index (κ1) is 18.8. The van der Waals surface area contributed by atoms with Crippen LogP contribution >= 0.6 is 0 Å². The van der Waals surface area contributed by atoms with Gasteiger partial charge in [0.2, 0.25) is 10.0 Å². The third kappa shape index (κ3) is 4.80. The van der Waals surface area contributed by atoms with Gasteiger partial charge >= 0.3 is 0 Å². The highest BCUT2D eigenvalue weighted by Gasteiger charge is 2.08. The Morgan fingerprint density at radius 3 is 2.81 bits per heavy atom. The summed E-state index contributed by atoms with van der Waals surface area (Å²) < 4.78 is 24.8. The number of nitrogens with zero attached hydrogens (tertiary/aromatic N) is 4. The van der Waals surface area contributed by atoms with Gasteiger partial charge in [-0.3, -0.25) is 4.40 Å². The molecule has 0 radical (unpaired) electrons. The first-order chi connectivity index (χ1) is 13.0. The van der Waals surface area contributed by atoms with Gasteiger partial charge in [0, 0.05) is 12.7 Å². The third-order valence-electron chi connectivity index (χ3n) is 3.79. The molecule has 0 saturated heterocycles. The SMILES string of the molecule is CCNC(=NCc1cccc(S(N)(=O)=O)c1)NCc1nnc2ccccn12. The van der Waals surface area contributed by atoms with Gasteiger partial charge in [0.05, 0.1) is 18.0 Å². The van der Waals surface area contributed by atoms with Gasteiger partial charge in [0.15, 0.2) is 17.4 Å². The van der Waals surface area contributed by atoms with E-state index in [4.69, 9.17) is 5.14 Å². The van der Waals surface area contributed by atoms with Gasteiger partial charge in [-0.15, -0.1) is 10.2 Å². The average Bonchev–Trinajstić information content (AvgIpc) is 3.07. The van der Waals surface area contributed by atoms with Crippen molar-refractivity contribution in [3.63, 3.8) is 0 Å². The van der Waals surface area contributed by atoms with Crippen molar-refractivity contribution in [3.05, 3.63) is 60.0 Å². The zero-order valence-electron chi connectivity index (χ0n) is 14.8. The predicted octanol–water partition coefficient (Wildman–Crippen LogP) is 0.632. The largest absolute Gasteiger partial charge is 0.357 e. The van der Waals surface area contributed by atoms with Crippen LogP contribution in [0.2, 0.25) is 0 Å². The number of pyridine rings is 1. The van der Waals surface area contributed by atoms with E-state index in [2.05, 4.69) is 25.8 Å². The molecule has 3 rings (SSSR count). The van der Waals surface area contributed by atoms with Crippen molar-refractivity contribution in [2.24, 2.45) is 10.1 Å². The Balaban J connectivity index is 1.71. The summed E-state index contributed by atoms with van der Waals surface area (Å²) in [5, 5.41) is 19.8. The van der Waals surface area contributed by atoms with Crippen LogP contribution in [0.15, 0.2) is 58.5 Å². The zero-order valence-corrected chi connectivity index (χ0v) is 15.6. The molecule has 0 aliphatic carbocycles. The second-order valence-electron chi connectivity index (χ2n) is 5.79. The summed E-state index contributed by atoms with van der Waals surface area (Å²) in [6.45, 7) is 3.39. The molecule has 0 fully saturated rings. The van der Waals surface area contributed by atoms with E-state index in [0.717, 1.165) is 17.0 Å². The van der Waals surface area contributed by atoms with E-state index in [0.29, 0.717) is 25.6 Å². The molecule has 142 valence electrons. The first-order valence-corrected chi connectivity index (χ1v) is 9.94. The van der Waals surface area contributed by atoms with Crippen molar-refractivity contribution < 1.29 is 8.42 Å². The molecular formula is C17H21N7O2S. The summed E-state index contributed by atoms with van der Waals surface area (Å²) in [6, 6.07) is 12.1. The second kappa shape index (κ2) is 8.14. The summed E-state index contributed by atoms with van der Waals surface area (Å²) in [6.07, 6.45) is 1.90. The quantitative estimate of drug-likeness (QED) is 0.421. The molecule has 9 nitrogen and oxygen atoms in total. The Hall–Kier alpha value is -2.98. The second-order valence-corrected chi connectivity index (χ2v) is 7.35. The molecule has 0 saturated carbocycles. The molecule has 2 aromatic heterocycles. The number of hydrogen-bond donors (Lipinski definition) is 3. The standard InChI is InChI=1S/C17H21N7O2S/c1-2-19-17(20-11-13-6-5-7-14(10-13)27(18,25)26)21-12-16-23-22-15-8-3-4-9-24(15)16/h3-10H,2,11-12H2,1H3,(H2,18,25,26)(H2,19,20,21). The highest BCUT2D eigenvalue weighted by Crippen LogP contribution is 2.10. The number of benzene rings is 1. The van der Waals surface area contributed by atoms with E-state index in [9.17, 15) is 8.42 Å². The topological polar surface area (TPSA) is 127 Å². The lowest BCUT2D eigenvalue weighted by atomic mass is 10.2. The molecule has 3 aromatic rings. The van der Waals surface area contributed by atoms with Crippen molar-refractivity contribution in [1.82, 2.24) is 25.2 Å². The molecule has 0 aliphatic heterocycles. The maximum absolute atomic E-state index is 11.5. The molecule has 0 unspecified atom stereocenters. The monoisotopic (exact) mass is 387 g/mol. The van der Waals surface area contributed by atoms with Gasteiger partial charge in [-0.25, -0.2) is 18.5 Å². The van der Waals surface area contributed by atoms with E-state index >= 15 is 0 Å². The Bertz CT molecular complexity index is 1060. The van der Waals surface area contributed by atoms with Crippen LogP contribution in [0.3, 0.4) is 0 Å². The Morgan fingerprint density at radius 2 is 2.04 bits per heavy atom. The summed E-state index contributed by atoms with van der Waals surface area (Å²) >= 11 is 0. The fraction of sp³-hybridized carbons (Fsp3) is 0.235. The van der Waals surface area contributed by atoms with Crippen molar-refractivity contribution in [3.8, 4) is 0 Å². The fourth-order valence-electron chi connectivity index (χ4n) is 2.51. The van der Waals surface area contributed by atoms with Crippen LogP contribution in [0, 0.1) is 0 Å². The van der Waals surface area contributed by atoms with Gasteiger partial charge < -0.3 is 10.6 Å². The van der Waals surface area contributed by atoms with Crippen LogP contribution in [-0.4, -0.2) is 35.5 Å². The van der Waals surface area contributed by atoms with E-state index in [1.807, 2.05) is 35.7 Å². The number of nitrogens with one attached hydrogen (secondary N) is 2. The molecule has 10 heteroatoms. The normalized spacial score (nSPS) is 12.3. The molecule has 2 heterocycles. The van der Waals surface area contributed by atoms with Crippen molar-refractivity contribution in [2.45, 2.75) is 24.9 Å². The number of guanidine groups is 1. The molecule has 0 spiro atoms. The number of nitrogens with two attached hydrogens (primary N) is 1. The van der Waals surface area contributed by atoms with E-state index < -0.39 is 10.0 Å². The minimum atomic E-state index is -3.73. The van der Waals surface area contributed by atoms with Crippen molar-refractivity contribution in [2.75, 3.05) is 6.54 Å². The number of hydrogen-bond acceptors (Lipinski definition) is 5. The molecule has 1 aromatic carbocycles. The molecule has 0 bridgehead atoms. The Morgan fingerprint density at radius 1 is 1.19 bits per heavy atom. The average molecular weight is 387 g/mol. The number of primary sulfonamides is 1. The van der Waals surface area contributed by atoms with Crippen LogP contribution in [0.4, 0.5) is 0 Å². The fourth-order valence-corrected chi connectivity index (χ4v) is 3.09. The molecular weight excluding hydrogens is 366 g/mol. The molecule has 0 amide bonds. The number of aromatic nitrogens is 3. The minimum Gasteiger partial charge on any atom is -0.357 e. The van der Waals surface area contributed by atoms with E-state index in [-0.39, 0.29) is 4.90 Å². The lowest BCUT2D eigenvalue weighted by Crippen LogP contribution is -2.37. The zero-order chi connectivity index (χ0) is 19.3. The maximum Gasteiger partial charge on any atom is 0.238 e. The lowest BCUT2D eigenvalue weighted by molar-refractivity contribution is 0.597. The van der Waals surface area contributed by atoms with Crippen molar-refractivity contribution in [1.29, 1.82) is 0 Å². The van der Waals surface area contributed by atoms with Crippen molar-refractivity contribution >= 4 is 21.6 Å². The Labute approximate surface area is 157 Å². The van der Waals surface area contributed by atoms with Gasteiger partial charge in [-0.1, -0.05) is 18.2 Å². The maximum atomic E-state index is 11.5. The lowest BCUT2D eigenvalue weighted by Gasteiger charge is -2.10. The van der Waals surface area contributed by atoms with E-state index in [1.54, 1.807) is 12.1 Å². The van der Waals surface area contributed by atoms with Gasteiger partial charge in [0.1, 0.15) is 0 Å². The summed E-state index contributed by atoms with van der Waals surface area (Å²) in [5.74, 6) is 1.35. The molecule has 4 N–H and O–H groups in total. The van der Waals surface area contributed by atoms with Crippen LogP contribution in [0.1, 0.15) is 18.3 Å². The van der Waals surface area contributed by atoms with E-state index in [1.165, 1.54) is 12.1 Å². The number of rotatable bonds is 6. The number of fused-ring (bicyclic) bond motifs is 1. The molecule has 27 heavy (non-hydrogen) atoms. The first-order valence-electron chi connectivity index (χ1n) is 8.40. The summed E-state index contributed by atoms with van der Waals surface area (Å²) in [5.41, 5.74) is 1.52. The number of sulfonamides is 1. The smallest absolute Gasteiger partial charge is 0.238 e. The summed E-state index contributed by atoms with van der Waals surface area (Å²) in [7, 11) is -3.73. The van der Waals surface area contributed by atoms with Crippen LogP contribution in [-0.2, 0) is 23.1 Å². The van der Waals surface area contributed by atoms with Gasteiger partial charge in [-0.05, 0) is 36.8 Å². The predicted molar refractivity (Wildman–Crippen MR) is 102 cm³/mol. The van der Waals surface area contributed by atoms with Gasteiger partial charge in [0.25, 0.3) is 0 Å². The third-order valence-corrected chi connectivity index (χ3v) is 4.70. The minimum absolute atomic E-state index is 0.0723.